The van der Waals surface area contributed by atoms with Gasteiger partial charge in [-0.25, -0.2) is 0 Å². The maximum absolute atomic E-state index is 12.6. The summed E-state index contributed by atoms with van der Waals surface area (Å²) in [6.45, 7) is 3.99. The molecule has 1 heterocycles. The van der Waals surface area contributed by atoms with E-state index in [0.29, 0.717) is 5.02 Å². The van der Waals surface area contributed by atoms with Crippen LogP contribution in [0.1, 0.15) is 36.0 Å². The van der Waals surface area contributed by atoms with Crippen molar-refractivity contribution in [3.05, 3.63) is 34.9 Å². The van der Waals surface area contributed by atoms with Crippen molar-refractivity contribution >= 4 is 17.5 Å². The number of piperazine rings is 1. The second-order valence-corrected chi connectivity index (χ2v) is 7.68. The quantitative estimate of drug-likeness (QED) is 0.884. The molecule has 3 aliphatic rings. The summed E-state index contributed by atoms with van der Waals surface area (Å²) in [5.74, 6) is 2.11. The molecule has 4 rings (SSSR count). The van der Waals surface area contributed by atoms with Gasteiger partial charge < -0.3 is 9.80 Å². The summed E-state index contributed by atoms with van der Waals surface area (Å²) in [5.41, 5.74) is 0.718. The molecule has 1 saturated heterocycles. The molecule has 0 radical (unpaired) electrons. The van der Waals surface area contributed by atoms with Gasteiger partial charge in [-0.1, -0.05) is 17.7 Å². The van der Waals surface area contributed by atoms with Crippen molar-refractivity contribution in [3.8, 4) is 0 Å². The molecule has 2 saturated carbocycles. The topological polar surface area (TPSA) is 24.8 Å². The van der Waals surface area contributed by atoms with Crippen LogP contribution in [0.15, 0.2) is 24.3 Å². The molecule has 3 atom stereocenters. The minimum absolute atomic E-state index is 0.134. The summed E-state index contributed by atoms with van der Waals surface area (Å²) in [6, 6.07) is 8.19. The molecular formula is C18H24ClN2O+. The number of halogens is 1. The molecule has 0 spiro atoms. The second-order valence-electron chi connectivity index (χ2n) is 7.24. The Morgan fingerprint density at radius 2 is 2.00 bits per heavy atom. The van der Waals surface area contributed by atoms with Crippen LogP contribution >= 0.6 is 11.6 Å². The van der Waals surface area contributed by atoms with Crippen molar-refractivity contribution in [2.24, 2.45) is 11.8 Å². The molecule has 1 aromatic carbocycles. The first-order valence-corrected chi connectivity index (χ1v) is 8.98. The molecule has 2 aliphatic carbocycles. The van der Waals surface area contributed by atoms with Gasteiger partial charge in [0.05, 0.1) is 32.2 Å². The largest absolute Gasteiger partial charge is 0.329 e. The van der Waals surface area contributed by atoms with Crippen LogP contribution in [-0.4, -0.2) is 43.0 Å². The van der Waals surface area contributed by atoms with E-state index in [9.17, 15) is 4.79 Å². The average molecular weight is 320 g/mol. The number of hydrogen-bond donors (Lipinski definition) is 1. The van der Waals surface area contributed by atoms with Gasteiger partial charge in [-0.15, -0.1) is 0 Å². The van der Waals surface area contributed by atoms with Gasteiger partial charge >= 0.3 is 0 Å². The molecule has 0 aromatic heterocycles. The van der Waals surface area contributed by atoms with Crippen LogP contribution in [0.4, 0.5) is 0 Å². The number of nitrogens with one attached hydrogen (secondary N) is 1. The first-order chi connectivity index (χ1) is 10.7. The highest BCUT2D eigenvalue weighted by molar-refractivity contribution is 6.30. The van der Waals surface area contributed by atoms with Crippen LogP contribution in [-0.2, 0) is 0 Å². The second kappa shape index (κ2) is 5.86. The van der Waals surface area contributed by atoms with Gasteiger partial charge in [0.15, 0.2) is 0 Å². The SMILES string of the molecule is O=C(c1cccc(Cl)c1)N1CC[NH+]([C@@H]2C[C@H]3CC[C@@H]2C3)CC1. The van der Waals surface area contributed by atoms with E-state index >= 15 is 0 Å². The lowest BCUT2D eigenvalue weighted by Crippen LogP contribution is -3.18. The first-order valence-electron chi connectivity index (χ1n) is 8.60. The lowest BCUT2D eigenvalue weighted by Gasteiger charge is -2.38. The van der Waals surface area contributed by atoms with Crippen molar-refractivity contribution in [2.75, 3.05) is 26.2 Å². The number of hydrogen-bond acceptors (Lipinski definition) is 1. The molecule has 1 aromatic rings. The highest BCUT2D eigenvalue weighted by Crippen LogP contribution is 2.43. The summed E-state index contributed by atoms with van der Waals surface area (Å²) in [7, 11) is 0. The van der Waals surface area contributed by atoms with Crippen molar-refractivity contribution in [1.29, 1.82) is 0 Å². The minimum atomic E-state index is 0.134. The summed E-state index contributed by atoms with van der Waals surface area (Å²) < 4.78 is 0. The molecule has 1 amide bonds. The Bertz CT molecular complexity index is 568. The van der Waals surface area contributed by atoms with E-state index in [1.165, 1.54) is 25.7 Å². The van der Waals surface area contributed by atoms with E-state index in [1.54, 1.807) is 11.0 Å². The fourth-order valence-corrected chi connectivity index (χ4v) is 5.11. The molecule has 4 heteroatoms. The molecular weight excluding hydrogens is 296 g/mol. The predicted molar refractivity (Wildman–Crippen MR) is 87.3 cm³/mol. The Labute approximate surface area is 137 Å². The number of quaternary nitrogens is 1. The van der Waals surface area contributed by atoms with Crippen molar-refractivity contribution in [2.45, 2.75) is 31.7 Å². The Hall–Kier alpha value is -1.06. The maximum atomic E-state index is 12.6. The summed E-state index contributed by atoms with van der Waals surface area (Å²) in [6.07, 6.45) is 5.82. The number of fused-ring (bicyclic) bond motifs is 2. The van der Waals surface area contributed by atoms with E-state index in [2.05, 4.69) is 0 Å². The third kappa shape index (κ3) is 2.65. The molecule has 3 fully saturated rings. The van der Waals surface area contributed by atoms with Crippen molar-refractivity contribution in [3.63, 3.8) is 0 Å². The van der Waals surface area contributed by atoms with Crippen molar-refractivity contribution < 1.29 is 9.69 Å². The van der Waals surface area contributed by atoms with Gasteiger partial charge in [-0.05, 0) is 43.4 Å². The molecule has 0 unspecified atom stereocenters. The lowest BCUT2D eigenvalue weighted by molar-refractivity contribution is -0.932. The van der Waals surface area contributed by atoms with Crippen LogP contribution in [0, 0.1) is 11.8 Å². The fraction of sp³-hybridized carbons (Fsp3) is 0.611. The lowest BCUT2D eigenvalue weighted by atomic mass is 9.93. The average Bonchev–Trinajstić information content (AvgIpc) is 3.17. The standard InChI is InChI=1S/C18H23ClN2O/c19-16-3-1-2-15(12-16)18(22)21-8-6-20(7-9-21)17-11-13-4-5-14(17)10-13/h1-3,12-14,17H,4-11H2/p+1/t13-,14+,17+/m0/s1. The van der Waals surface area contributed by atoms with Crippen LogP contribution < -0.4 is 4.90 Å². The normalized spacial score (nSPS) is 31.7. The predicted octanol–water partition coefficient (Wildman–Crippen LogP) is 1.87. The number of carbonyl (C=O) groups is 1. The Morgan fingerprint density at radius 3 is 2.64 bits per heavy atom. The molecule has 118 valence electrons. The van der Waals surface area contributed by atoms with Gasteiger partial charge in [0.25, 0.3) is 5.91 Å². The van der Waals surface area contributed by atoms with Gasteiger partial charge in [0.2, 0.25) is 0 Å². The summed E-state index contributed by atoms with van der Waals surface area (Å²) in [4.78, 5) is 16.3. The summed E-state index contributed by atoms with van der Waals surface area (Å²) >= 11 is 6.00. The third-order valence-electron chi connectivity index (χ3n) is 6.03. The fourth-order valence-electron chi connectivity index (χ4n) is 4.92. The number of rotatable bonds is 2. The first kappa shape index (κ1) is 14.5. The van der Waals surface area contributed by atoms with E-state index in [0.717, 1.165) is 49.6 Å². The number of benzene rings is 1. The molecule has 1 aliphatic heterocycles. The van der Waals surface area contributed by atoms with E-state index < -0.39 is 0 Å². The molecule has 22 heavy (non-hydrogen) atoms. The number of amides is 1. The summed E-state index contributed by atoms with van der Waals surface area (Å²) in [5, 5.41) is 0.636. The van der Waals surface area contributed by atoms with Gasteiger partial charge in [-0.3, -0.25) is 4.79 Å². The third-order valence-corrected chi connectivity index (χ3v) is 6.26. The van der Waals surface area contributed by atoms with Gasteiger partial charge in [0.1, 0.15) is 0 Å². The van der Waals surface area contributed by atoms with Crippen LogP contribution in [0.3, 0.4) is 0 Å². The van der Waals surface area contributed by atoms with E-state index in [1.807, 2.05) is 23.1 Å². The highest BCUT2D eigenvalue weighted by Gasteiger charge is 2.45. The Kier molecular flexibility index (Phi) is 3.87. The zero-order chi connectivity index (χ0) is 15.1. The number of carbonyl (C=O) groups excluding carboxylic acids is 1. The molecule has 3 nitrogen and oxygen atoms in total. The maximum Gasteiger partial charge on any atom is 0.254 e. The molecule has 2 bridgehead atoms. The van der Waals surface area contributed by atoms with Gasteiger partial charge in [-0.2, -0.15) is 0 Å². The smallest absolute Gasteiger partial charge is 0.254 e. The highest BCUT2D eigenvalue weighted by atomic mass is 35.5. The zero-order valence-electron chi connectivity index (χ0n) is 12.9. The minimum Gasteiger partial charge on any atom is -0.329 e. The zero-order valence-corrected chi connectivity index (χ0v) is 13.7. The van der Waals surface area contributed by atoms with E-state index in [4.69, 9.17) is 11.6 Å². The van der Waals surface area contributed by atoms with Crippen molar-refractivity contribution in [1.82, 2.24) is 4.90 Å². The Morgan fingerprint density at radius 1 is 1.18 bits per heavy atom. The van der Waals surface area contributed by atoms with Crippen LogP contribution in [0.5, 0.6) is 0 Å². The van der Waals surface area contributed by atoms with Gasteiger partial charge in [0, 0.05) is 22.9 Å². The monoisotopic (exact) mass is 319 g/mol. The number of nitrogens with zero attached hydrogens (tertiary/aromatic N) is 1. The molecule has 1 N–H and O–H groups in total. The van der Waals surface area contributed by atoms with E-state index in [-0.39, 0.29) is 5.91 Å². The van der Waals surface area contributed by atoms with Crippen LogP contribution in [0.2, 0.25) is 5.02 Å². The Balaban J connectivity index is 1.36. The van der Waals surface area contributed by atoms with Crippen LogP contribution in [0.25, 0.3) is 0 Å².